The van der Waals surface area contributed by atoms with Gasteiger partial charge in [-0.05, 0) is 37.4 Å². The van der Waals surface area contributed by atoms with E-state index in [4.69, 9.17) is 0 Å². The van der Waals surface area contributed by atoms with E-state index in [0.29, 0.717) is 0 Å². The standard InChI is InChI=1S/C15H24N2/c1-4-16-10-14-9-12(2)5-6-15(14)17-8-7-13(3)11-17/h5-6,9,13,16H,4,7-8,10-11H2,1-3H3. The molecule has 1 atom stereocenters. The second kappa shape index (κ2) is 5.54. The summed E-state index contributed by atoms with van der Waals surface area (Å²) < 4.78 is 0. The third-order valence-corrected chi connectivity index (χ3v) is 3.57. The summed E-state index contributed by atoms with van der Waals surface area (Å²) in [5.74, 6) is 0.836. The molecule has 2 rings (SSSR count). The number of anilines is 1. The van der Waals surface area contributed by atoms with Gasteiger partial charge in [0.15, 0.2) is 0 Å². The first-order valence-corrected chi connectivity index (χ1v) is 6.76. The minimum atomic E-state index is 0.836. The van der Waals surface area contributed by atoms with E-state index in [2.05, 4.69) is 49.2 Å². The maximum absolute atomic E-state index is 3.44. The molecule has 1 aromatic carbocycles. The van der Waals surface area contributed by atoms with Crippen molar-refractivity contribution < 1.29 is 0 Å². The van der Waals surface area contributed by atoms with Crippen LogP contribution >= 0.6 is 0 Å². The quantitative estimate of drug-likeness (QED) is 0.858. The number of rotatable bonds is 4. The summed E-state index contributed by atoms with van der Waals surface area (Å²) in [7, 11) is 0. The van der Waals surface area contributed by atoms with Crippen molar-refractivity contribution in [3.63, 3.8) is 0 Å². The van der Waals surface area contributed by atoms with E-state index in [1.807, 2.05) is 0 Å². The minimum Gasteiger partial charge on any atom is -0.371 e. The second-order valence-corrected chi connectivity index (χ2v) is 5.25. The Bertz CT molecular complexity index is 373. The molecule has 1 unspecified atom stereocenters. The third-order valence-electron chi connectivity index (χ3n) is 3.57. The van der Waals surface area contributed by atoms with Crippen LogP contribution in [0.3, 0.4) is 0 Å². The maximum Gasteiger partial charge on any atom is 0.0412 e. The summed E-state index contributed by atoms with van der Waals surface area (Å²) in [5, 5.41) is 3.44. The van der Waals surface area contributed by atoms with Crippen molar-refractivity contribution in [1.29, 1.82) is 0 Å². The van der Waals surface area contributed by atoms with Gasteiger partial charge >= 0.3 is 0 Å². The van der Waals surface area contributed by atoms with Crippen molar-refractivity contribution in [1.82, 2.24) is 5.32 Å². The molecule has 1 fully saturated rings. The van der Waals surface area contributed by atoms with Gasteiger partial charge < -0.3 is 10.2 Å². The molecule has 17 heavy (non-hydrogen) atoms. The summed E-state index contributed by atoms with van der Waals surface area (Å²) >= 11 is 0. The lowest BCUT2D eigenvalue weighted by Crippen LogP contribution is -2.22. The predicted molar refractivity (Wildman–Crippen MR) is 74.6 cm³/mol. The van der Waals surface area contributed by atoms with Gasteiger partial charge in [0.25, 0.3) is 0 Å². The summed E-state index contributed by atoms with van der Waals surface area (Å²) in [4.78, 5) is 2.54. The van der Waals surface area contributed by atoms with Crippen molar-refractivity contribution in [2.75, 3.05) is 24.5 Å². The van der Waals surface area contributed by atoms with E-state index >= 15 is 0 Å². The SMILES string of the molecule is CCNCc1cc(C)ccc1N1CCC(C)C1. The van der Waals surface area contributed by atoms with Gasteiger partial charge in [-0.2, -0.15) is 0 Å². The van der Waals surface area contributed by atoms with Crippen molar-refractivity contribution in [2.24, 2.45) is 5.92 Å². The van der Waals surface area contributed by atoms with E-state index < -0.39 is 0 Å². The van der Waals surface area contributed by atoms with Crippen molar-refractivity contribution >= 4 is 5.69 Å². The summed E-state index contributed by atoms with van der Waals surface area (Å²) in [6.07, 6.45) is 1.33. The van der Waals surface area contributed by atoms with Crippen LogP contribution in [-0.4, -0.2) is 19.6 Å². The van der Waals surface area contributed by atoms with Crippen LogP contribution in [-0.2, 0) is 6.54 Å². The maximum atomic E-state index is 3.44. The van der Waals surface area contributed by atoms with E-state index in [1.165, 1.54) is 36.3 Å². The first kappa shape index (κ1) is 12.4. The van der Waals surface area contributed by atoms with Gasteiger partial charge in [-0.25, -0.2) is 0 Å². The van der Waals surface area contributed by atoms with Crippen molar-refractivity contribution in [2.45, 2.75) is 33.7 Å². The first-order chi connectivity index (χ1) is 8.20. The van der Waals surface area contributed by atoms with Crippen LogP contribution in [0.25, 0.3) is 0 Å². The molecule has 0 radical (unpaired) electrons. The van der Waals surface area contributed by atoms with Crippen LogP contribution in [0.5, 0.6) is 0 Å². The van der Waals surface area contributed by atoms with Crippen LogP contribution in [0.1, 0.15) is 31.4 Å². The van der Waals surface area contributed by atoms with E-state index in [-0.39, 0.29) is 0 Å². The van der Waals surface area contributed by atoms with E-state index in [9.17, 15) is 0 Å². The fraction of sp³-hybridized carbons (Fsp3) is 0.600. The van der Waals surface area contributed by atoms with E-state index in [0.717, 1.165) is 19.0 Å². The van der Waals surface area contributed by atoms with Gasteiger partial charge in [-0.3, -0.25) is 0 Å². The highest BCUT2D eigenvalue weighted by atomic mass is 15.2. The molecule has 0 saturated carbocycles. The number of hydrogen-bond donors (Lipinski definition) is 1. The zero-order valence-corrected chi connectivity index (χ0v) is 11.3. The van der Waals surface area contributed by atoms with Crippen molar-refractivity contribution in [3.8, 4) is 0 Å². The smallest absolute Gasteiger partial charge is 0.0412 e. The molecule has 1 saturated heterocycles. The minimum absolute atomic E-state index is 0.836. The Morgan fingerprint density at radius 1 is 1.41 bits per heavy atom. The molecule has 94 valence electrons. The van der Waals surface area contributed by atoms with E-state index in [1.54, 1.807) is 0 Å². The van der Waals surface area contributed by atoms with Gasteiger partial charge in [0, 0.05) is 25.3 Å². The Morgan fingerprint density at radius 2 is 2.24 bits per heavy atom. The zero-order chi connectivity index (χ0) is 12.3. The van der Waals surface area contributed by atoms with Gasteiger partial charge in [0.05, 0.1) is 0 Å². The molecule has 2 heteroatoms. The van der Waals surface area contributed by atoms with Gasteiger partial charge in [-0.1, -0.05) is 31.5 Å². The average Bonchev–Trinajstić information content (AvgIpc) is 2.73. The Labute approximate surface area is 105 Å². The molecule has 0 spiro atoms. The number of benzene rings is 1. The highest BCUT2D eigenvalue weighted by Gasteiger charge is 2.20. The Balaban J connectivity index is 2.19. The molecular formula is C15H24N2. The van der Waals surface area contributed by atoms with Crippen molar-refractivity contribution in [3.05, 3.63) is 29.3 Å². The average molecular weight is 232 g/mol. The fourth-order valence-electron chi connectivity index (χ4n) is 2.58. The molecule has 1 aliphatic rings. The lowest BCUT2D eigenvalue weighted by atomic mass is 10.1. The first-order valence-electron chi connectivity index (χ1n) is 6.76. The Kier molecular flexibility index (Phi) is 4.06. The van der Waals surface area contributed by atoms with Crippen LogP contribution in [0.4, 0.5) is 5.69 Å². The number of hydrogen-bond acceptors (Lipinski definition) is 2. The number of aryl methyl sites for hydroxylation is 1. The number of nitrogens with zero attached hydrogens (tertiary/aromatic N) is 1. The summed E-state index contributed by atoms with van der Waals surface area (Å²) in [6, 6.07) is 6.84. The molecule has 1 N–H and O–H groups in total. The van der Waals surface area contributed by atoms with Crippen LogP contribution in [0, 0.1) is 12.8 Å². The molecule has 0 aromatic heterocycles. The van der Waals surface area contributed by atoms with Crippen LogP contribution in [0.2, 0.25) is 0 Å². The highest BCUT2D eigenvalue weighted by molar-refractivity contribution is 5.55. The predicted octanol–water partition coefficient (Wildman–Crippen LogP) is 2.95. The zero-order valence-electron chi connectivity index (χ0n) is 11.3. The molecular weight excluding hydrogens is 208 g/mol. The Morgan fingerprint density at radius 3 is 2.88 bits per heavy atom. The fourth-order valence-corrected chi connectivity index (χ4v) is 2.58. The molecule has 1 aromatic rings. The second-order valence-electron chi connectivity index (χ2n) is 5.25. The van der Waals surface area contributed by atoms with Gasteiger partial charge in [0.1, 0.15) is 0 Å². The van der Waals surface area contributed by atoms with Gasteiger partial charge in [0.2, 0.25) is 0 Å². The summed E-state index contributed by atoms with van der Waals surface area (Å²) in [6.45, 7) is 11.1. The third kappa shape index (κ3) is 3.01. The molecule has 0 bridgehead atoms. The Hall–Kier alpha value is -1.02. The molecule has 1 heterocycles. The molecule has 0 amide bonds. The van der Waals surface area contributed by atoms with Crippen LogP contribution < -0.4 is 10.2 Å². The molecule has 1 aliphatic heterocycles. The number of nitrogens with one attached hydrogen (secondary N) is 1. The highest BCUT2D eigenvalue weighted by Crippen LogP contribution is 2.27. The molecule has 0 aliphatic carbocycles. The monoisotopic (exact) mass is 232 g/mol. The molecule has 2 nitrogen and oxygen atoms in total. The normalized spacial score (nSPS) is 19.9. The summed E-state index contributed by atoms with van der Waals surface area (Å²) in [5.41, 5.74) is 4.23. The topological polar surface area (TPSA) is 15.3 Å². The van der Waals surface area contributed by atoms with Gasteiger partial charge in [-0.15, -0.1) is 0 Å². The lowest BCUT2D eigenvalue weighted by molar-refractivity contribution is 0.658. The lowest BCUT2D eigenvalue weighted by Gasteiger charge is -2.22. The largest absolute Gasteiger partial charge is 0.371 e. The van der Waals surface area contributed by atoms with Crippen LogP contribution in [0.15, 0.2) is 18.2 Å².